The van der Waals surface area contributed by atoms with Crippen LogP contribution in [0.5, 0.6) is 0 Å². The molecule has 112 valence electrons. The highest BCUT2D eigenvalue weighted by Crippen LogP contribution is 2.14. The van der Waals surface area contributed by atoms with Crippen molar-refractivity contribution < 1.29 is 24.9 Å². The summed E-state index contributed by atoms with van der Waals surface area (Å²) in [6.45, 7) is 0.179. The molecule has 7 nitrogen and oxygen atoms in total. The molecule has 1 aliphatic rings. The molecule has 1 aromatic carbocycles. The van der Waals surface area contributed by atoms with E-state index in [0.29, 0.717) is 11.3 Å². The second kappa shape index (κ2) is 6.38. The van der Waals surface area contributed by atoms with Gasteiger partial charge in [-0.05, 0) is 23.8 Å². The van der Waals surface area contributed by atoms with Crippen molar-refractivity contribution in [3.8, 4) is 0 Å². The van der Waals surface area contributed by atoms with Gasteiger partial charge in [0.2, 0.25) is 0 Å². The van der Waals surface area contributed by atoms with E-state index in [1.165, 1.54) is 11.0 Å². The normalized spacial score (nSPS) is 21.7. The van der Waals surface area contributed by atoms with Crippen molar-refractivity contribution in [1.82, 2.24) is 4.90 Å². The van der Waals surface area contributed by atoms with Crippen molar-refractivity contribution in [2.24, 2.45) is 0 Å². The van der Waals surface area contributed by atoms with Gasteiger partial charge in [0, 0.05) is 11.8 Å². The van der Waals surface area contributed by atoms with Crippen LogP contribution in [0.15, 0.2) is 30.3 Å². The average molecular weight is 292 g/mol. The first-order valence-electron chi connectivity index (χ1n) is 6.39. The van der Waals surface area contributed by atoms with Crippen molar-refractivity contribution in [2.45, 2.75) is 12.2 Å². The molecule has 1 fully saturated rings. The van der Waals surface area contributed by atoms with Crippen LogP contribution in [-0.2, 0) is 4.79 Å². The van der Waals surface area contributed by atoms with Crippen LogP contribution in [0.4, 0.5) is 10.5 Å². The summed E-state index contributed by atoms with van der Waals surface area (Å²) in [5, 5.41) is 30.0. The van der Waals surface area contributed by atoms with Crippen molar-refractivity contribution in [1.29, 1.82) is 0 Å². The fourth-order valence-corrected chi connectivity index (χ4v) is 1.98. The number of carboxylic acids is 1. The first-order valence-corrected chi connectivity index (χ1v) is 6.39. The van der Waals surface area contributed by atoms with E-state index in [1.807, 2.05) is 0 Å². The van der Waals surface area contributed by atoms with Crippen LogP contribution in [-0.4, -0.2) is 57.5 Å². The van der Waals surface area contributed by atoms with Gasteiger partial charge in [-0.15, -0.1) is 0 Å². The summed E-state index contributed by atoms with van der Waals surface area (Å²) < 4.78 is 0. The number of likely N-dealkylation sites (tertiary alicyclic amines) is 1. The Hall–Kier alpha value is -2.38. The zero-order valence-electron chi connectivity index (χ0n) is 11.1. The van der Waals surface area contributed by atoms with E-state index in [-0.39, 0.29) is 13.1 Å². The Labute approximate surface area is 121 Å². The Morgan fingerprint density at radius 2 is 1.71 bits per heavy atom. The maximum Gasteiger partial charge on any atom is 0.328 e. The first-order chi connectivity index (χ1) is 9.95. The van der Waals surface area contributed by atoms with Gasteiger partial charge in [0.05, 0.1) is 25.3 Å². The molecule has 2 amide bonds. The van der Waals surface area contributed by atoms with E-state index in [9.17, 15) is 19.8 Å². The Bertz CT molecular complexity index is 545. The average Bonchev–Trinajstić information content (AvgIpc) is 2.78. The number of hydrogen-bond donors (Lipinski definition) is 4. The van der Waals surface area contributed by atoms with Gasteiger partial charge in [-0.3, -0.25) is 0 Å². The molecule has 1 heterocycles. The molecular formula is C14H16N2O5. The molecule has 1 saturated heterocycles. The Morgan fingerprint density at radius 3 is 2.24 bits per heavy atom. The zero-order valence-corrected chi connectivity index (χ0v) is 11.1. The van der Waals surface area contributed by atoms with Crippen molar-refractivity contribution in [2.75, 3.05) is 18.4 Å². The number of hydrogen-bond acceptors (Lipinski definition) is 4. The Kier molecular flexibility index (Phi) is 4.56. The maximum atomic E-state index is 11.9. The summed E-state index contributed by atoms with van der Waals surface area (Å²) in [7, 11) is 0. The number of carbonyl (C=O) groups is 2. The SMILES string of the molecule is O=C(O)/C=C/c1ccc(NC(=O)N2CC(O)C(O)C2)cc1. The molecule has 21 heavy (non-hydrogen) atoms. The smallest absolute Gasteiger partial charge is 0.328 e. The number of urea groups is 1. The molecule has 0 aliphatic carbocycles. The number of aliphatic hydroxyl groups is 2. The van der Waals surface area contributed by atoms with E-state index in [0.717, 1.165) is 6.08 Å². The number of rotatable bonds is 3. The summed E-state index contributed by atoms with van der Waals surface area (Å²) >= 11 is 0. The number of amides is 2. The summed E-state index contributed by atoms with van der Waals surface area (Å²) in [4.78, 5) is 23.6. The number of aliphatic carboxylic acids is 1. The third kappa shape index (κ3) is 4.04. The Balaban J connectivity index is 1.94. The quantitative estimate of drug-likeness (QED) is 0.601. The highest BCUT2D eigenvalue weighted by atomic mass is 16.4. The number of benzene rings is 1. The minimum Gasteiger partial charge on any atom is -0.478 e. The van der Waals surface area contributed by atoms with Gasteiger partial charge in [-0.1, -0.05) is 12.1 Å². The molecule has 0 aromatic heterocycles. The molecule has 7 heteroatoms. The molecule has 0 spiro atoms. The van der Waals surface area contributed by atoms with Gasteiger partial charge >= 0.3 is 12.0 Å². The van der Waals surface area contributed by atoms with Gasteiger partial charge in [0.15, 0.2) is 0 Å². The van der Waals surface area contributed by atoms with Crippen LogP contribution < -0.4 is 5.32 Å². The van der Waals surface area contributed by atoms with Crippen LogP contribution >= 0.6 is 0 Å². The molecule has 2 unspecified atom stereocenters. The van der Waals surface area contributed by atoms with E-state index in [1.54, 1.807) is 24.3 Å². The lowest BCUT2D eigenvalue weighted by molar-refractivity contribution is -0.131. The van der Waals surface area contributed by atoms with Gasteiger partial charge < -0.3 is 25.5 Å². The number of carboxylic acid groups (broad SMARTS) is 1. The minimum absolute atomic E-state index is 0.0897. The lowest BCUT2D eigenvalue weighted by atomic mass is 10.2. The van der Waals surface area contributed by atoms with Gasteiger partial charge in [-0.25, -0.2) is 9.59 Å². The van der Waals surface area contributed by atoms with Crippen molar-refractivity contribution in [3.05, 3.63) is 35.9 Å². The number of aliphatic hydroxyl groups excluding tert-OH is 2. The molecule has 0 radical (unpaired) electrons. The van der Waals surface area contributed by atoms with Crippen LogP contribution in [0.2, 0.25) is 0 Å². The predicted molar refractivity (Wildman–Crippen MR) is 75.7 cm³/mol. The van der Waals surface area contributed by atoms with E-state index >= 15 is 0 Å². The summed E-state index contributed by atoms with van der Waals surface area (Å²) in [6.07, 6.45) is 0.639. The molecule has 2 atom stereocenters. The fourth-order valence-electron chi connectivity index (χ4n) is 1.98. The van der Waals surface area contributed by atoms with Gasteiger partial charge in [0.1, 0.15) is 0 Å². The highest BCUT2D eigenvalue weighted by Gasteiger charge is 2.32. The highest BCUT2D eigenvalue weighted by molar-refractivity contribution is 5.90. The van der Waals surface area contributed by atoms with E-state index in [2.05, 4.69) is 5.32 Å². The summed E-state index contributed by atoms with van der Waals surface area (Å²) in [6, 6.07) is 6.22. The third-order valence-corrected chi connectivity index (χ3v) is 3.13. The van der Waals surface area contributed by atoms with Crippen molar-refractivity contribution in [3.63, 3.8) is 0 Å². The topological polar surface area (TPSA) is 110 Å². The molecule has 1 aliphatic heterocycles. The summed E-state index contributed by atoms with van der Waals surface area (Å²) in [5.74, 6) is -1.03. The number of anilines is 1. The third-order valence-electron chi connectivity index (χ3n) is 3.13. The van der Waals surface area contributed by atoms with Crippen molar-refractivity contribution >= 4 is 23.8 Å². The largest absolute Gasteiger partial charge is 0.478 e. The second-order valence-corrected chi connectivity index (χ2v) is 4.76. The molecule has 1 aromatic rings. The fraction of sp³-hybridized carbons (Fsp3) is 0.286. The molecule has 0 saturated carbocycles. The lowest BCUT2D eigenvalue weighted by Gasteiger charge is -2.16. The number of β-amino-alcohol motifs (C(OH)–C–C–N with tert-alkyl or cyclic N) is 2. The standard InChI is InChI=1S/C14H16N2O5/c17-11-7-16(8-12(11)18)14(21)15-10-4-1-9(2-5-10)3-6-13(19)20/h1-6,11-12,17-18H,7-8H2,(H,15,21)(H,19,20)/b6-3+. The van der Waals surface area contributed by atoms with Crippen LogP contribution in [0, 0.1) is 0 Å². The number of nitrogens with zero attached hydrogens (tertiary/aromatic N) is 1. The maximum absolute atomic E-state index is 11.9. The number of nitrogens with one attached hydrogen (secondary N) is 1. The van der Waals surface area contributed by atoms with Crippen LogP contribution in [0.1, 0.15) is 5.56 Å². The van der Waals surface area contributed by atoms with Gasteiger partial charge in [0.25, 0.3) is 0 Å². The van der Waals surface area contributed by atoms with Crippen LogP contribution in [0.25, 0.3) is 6.08 Å². The molecule has 2 rings (SSSR count). The molecule has 4 N–H and O–H groups in total. The number of carbonyl (C=O) groups excluding carboxylic acids is 1. The predicted octanol–water partition coefficient (Wildman–Crippen LogP) is 0.354. The minimum atomic E-state index is -1.03. The van der Waals surface area contributed by atoms with Crippen LogP contribution in [0.3, 0.4) is 0 Å². The van der Waals surface area contributed by atoms with E-state index in [4.69, 9.17) is 5.11 Å². The second-order valence-electron chi connectivity index (χ2n) is 4.76. The zero-order chi connectivity index (χ0) is 15.4. The Morgan fingerprint density at radius 1 is 1.14 bits per heavy atom. The molecular weight excluding hydrogens is 276 g/mol. The van der Waals surface area contributed by atoms with E-state index < -0.39 is 24.2 Å². The van der Waals surface area contributed by atoms with Gasteiger partial charge in [-0.2, -0.15) is 0 Å². The monoisotopic (exact) mass is 292 g/mol. The molecule has 0 bridgehead atoms. The first kappa shape index (κ1) is 15.0. The summed E-state index contributed by atoms with van der Waals surface area (Å²) in [5.41, 5.74) is 1.24. The lowest BCUT2D eigenvalue weighted by Crippen LogP contribution is -2.33.